The first-order valence-corrected chi connectivity index (χ1v) is 10.1. The number of nitrogens with one attached hydrogen (secondary N) is 2. The van der Waals surface area contributed by atoms with Crippen LogP contribution in [0.3, 0.4) is 0 Å². The zero-order chi connectivity index (χ0) is 20.5. The molecule has 2 aromatic heterocycles. The third-order valence-corrected chi connectivity index (χ3v) is 4.84. The van der Waals surface area contributed by atoms with E-state index in [1.807, 2.05) is 29.1 Å². The molecule has 0 saturated carbocycles. The van der Waals surface area contributed by atoms with Crippen LogP contribution in [0.1, 0.15) is 42.9 Å². The van der Waals surface area contributed by atoms with Gasteiger partial charge in [0.2, 0.25) is 0 Å². The fourth-order valence-electron chi connectivity index (χ4n) is 3.08. The van der Waals surface area contributed by atoms with Crippen molar-refractivity contribution in [2.45, 2.75) is 39.2 Å². The maximum atomic E-state index is 4.38. The minimum absolute atomic E-state index is 0. The normalized spacial score (nSPS) is 11.3. The van der Waals surface area contributed by atoms with E-state index in [9.17, 15) is 0 Å². The third-order valence-electron chi connectivity index (χ3n) is 4.84. The van der Waals surface area contributed by atoms with Gasteiger partial charge in [0, 0.05) is 38.7 Å². The number of pyridine rings is 1. The monoisotopic (exact) mass is 518 g/mol. The number of benzene rings is 1. The van der Waals surface area contributed by atoms with E-state index < -0.39 is 0 Å². The number of aliphatic imine (C=N–C) groups is 1. The Morgan fingerprint density at radius 2 is 1.87 bits per heavy atom. The molecule has 0 spiro atoms. The van der Waals surface area contributed by atoms with Crippen LogP contribution < -0.4 is 10.6 Å². The van der Waals surface area contributed by atoms with Gasteiger partial charge in [0.25, 0.3) is 0 Å². The maximum Gasteiger partial charge on any atom is 0.191 e. The molecule has 1 aromatic carbocycles. The van der Waals surface area contributed by atoms with Crippen LogP contribution in [0.15, 0.2) is 66.3 Å². The maximum absolute atomic E-state index is 4.38. The van der Waals surface area contributed by atoms with Crippen LogP contribution in [0.5, 0.6) is 0 Å². The lowest BCUT2D eigenvalue weighted by atomic mass is 10.0. The molecule has 0 atom stereocenters. The Hall–Kier alpha value is -2.42. The zero-order valence-corrected chi connectivity index (χ0v) is 20.2. The van der Waals surface area contributed by atoms with Crippen LogP contribution in [0.4, 0.5) is 0 Å². The molecular formula is C23H31IN6. The van der Waals surface area contributed by atoms with Crippen molar-refractivity contribution in [2.75, 3.05) is 13.6 Å². The van der Waals surface area contributed by atoms with Crippen molar-refractivity contribution < 1.29 is 0 Å². The Labute approximate surface area is 196 Å². The molecular weight excluding hydrogens is 487 g/mol. The Morgan fingerprint density at radius 1 is 1.07 bits per heavy atom. The molecule has 0 saturated heterocycles. The summed E-state index contributed by atoms with van der Waals surface area (Å²) in [7, 11) is 1.80. The Balaban J connectivity index is 0.00000320. The minimum atomic E-state index is 0. The molecule has 2 N–H and O–H groups in total. The van der Waals surface area contributed by atoms with Gasteiger partial charge in [-0.2, -0.15) is 0 Å². The molecule has 7 heteroatoms. The second-order valence-electron chi connectivity index (χ2n) is 7.34. The van der Waals surface area contributed by atoms with E-state index in [0.29, 0.717) is 12.5 Å². The van der Waals surface area contributed by atoms with Gasteiger partial charge in [-0.05, 0) is 47.6 Å². The standard InChI is InChI=1S/C23H30N6.HI/c1-18(2)21-8-6-19(7-9-21)5-4-11-27-23(24-3)28-16-20-10-12-26-22(15-20)29-14-13-25-17-29;/h6-10,12-15,17-18H,4-5,11,16H2,1-3H3,(H2,24,27,28);1H. The largest absolute Gasteiger partial charge is 0.356 e. The smallest absolute Gasteiger partial charge is 0.191 e. The average Bonchev–Trinajstić information content (AvgIpc) is 3.29. The minimum Gasteiger partial charge on any atom is -0.356 e. The summed E-state index contributed by atoms with van der Waals surface area (Å²) in [5, 5.41) is 6.75. The van der Waals surface area contributed by atoms with Gasteiger partial charge in [-0.15, -0.1) is 24.0 Å². The van der Waals surface area contributed by atoms with Crippen molar-refractivity contribution in [3.8, 4) is 5.82 Å². The highest BCUT2D eigenvalue weighted by atomic mass is 127. The van der Waals surface area contributed by atoms with Gasteiger partial charge >= 0.3 is 0 Å². The average molecular weight is 518 g/mol. The van der Waals surface area contributed by atoms with E-state index in [1.54, 1.807) is 19.6 Å². The summed E-state index contributed by atoms with van der Waals surface area (Å²) in [6, 6.07) is 13.0. The van der Waals surface area contributed by atoms with Gasteiger partial charge in [-0.1, -0.05) is 38.1 Å². The van der Waals surface area contributed by atoms with Crippen molar-refractivity contribution in [3.05, 3.63) is 78.0 Å². The Bertz CT molecular complexity index is 904. The van der Waals surface area contributed by atoms with E-state index in [-0.39, 0.29) is 24.0 Å². The van der Waals surface area contributed by atoms with Gasteiger partial charge in [-0.3, -0.25) is 9.56 Å². The third kappa shape index (κ3) is 7.12. The molecule has 30 heavy (non-hydrogen) atoms. The summed E-state index contributed by atoms with van der Waals surface area (Å²) in [5.41, 5.74) is 3.91. The summed E-state index contributed by atoms with van der Waals surface area (Å²) in [6.07, 6.45) is 9.31. The van der Waals surface area contributed by atoms with Crippen LogP contribution in [-0.2, 0) is 13.0 Å². The highest BCUT2D eigenvalue weighted by Gasteiger charge is 2.03. The second kappa shape index (κ2) is 12.3. The SMILES string of the molecule is CN=C(NCCCc1ccc(C(C)C)cc1)NCc1ccnc(-n2ccnc2)c1.I. The number of guanidine groups is 1. The Morgan fingerprint density at radius 3 is 2.53 bits per heavy atom. The van der Waals surface area contributed by atoms with E-state index in [0.717, 1.165) is 36.7 Å². The highest BCUT2D eigenvalue weighted by Crippen LogP contribution is 2.15. The number of rotatable bonds is 8. The van der Waals surface area contributed by atoms with E-state index >= 15 is 0 Å². The Kier molecular flexibility index (Phi) is 9.79. The van der Waals surface area contributed by atoms with Gasteiger partial charge < -0.3 is 10.6 Å². The molecule has 3 aromatic rings. The van der Waals surface area contributed by atoms with Crippen LogP contribution >= 0.6 is 24.0 Å². The highest BCUT2D eigenvalue weighted by molar-refractivity contribution is 14.0. The van der Waals surface area contributed by atoms with Gasteiger partial charge in [0.05, 0.1) is 0 Å². The van der Waals surface area contributed by atoms with Crippen LogP contribution in [-0.4, -0.2) is 34.1 Å². The number of hydrogen-bond donors (Lipinski definition) is 2. The summed E-state index contributed by atoms with van der Waals surface area (Å²) in [5.74, 6) is 2.24. The first kappa shape index (κ1) is 23.9. The van der Waals surface area contributed by atoms with Crippen molar-refractivity contribution in [1.29, 1.82) is 0 Å². The molecule has 0 fully saturated rings. The van der Waals surface area contributed by atoms with Gasteiger partial charge in [0.15, 0.2) is 5.96 Å². The van der Waals surface area contributed by atoms with Crippen molar-refractivity contribution in [1.82, 2.24) is 25.2 Å². The number of halogens is 1. The predicted octanol–water partition coefficient (Wildman–Crippen LogP) is 4.31. The van der Waals surface area contributed by atoms with Crippen molar-refractivity contribution in [2.24, 2.45) is 4.99 Å². The number of nitrogens with zero attached hydrogens (tertiary/aromatic N) is 4. The lowest BCUT2D eigenvalue weighted by Crippen LogP contribution is -2.37. The van der Waals surface area contributed by atoms with E-state index in [1.165, 1.54) is 11.1 Å². The fraction of sp³-hybridized carbons (Fsp3) is 0.348. The van der Waals surface area contributed by atoms with Crippen molar-refractivity contribution in [3.63, 3.8) is 0 Å². The molecule has 0 amide bonds. The fourth-order valence-corrected chi connectivity index (χ4v) is 3.08. The molecule has 6 nitrogen and oxygen atoms in total. The quantitative estimate of drug-likeness (QED) is 0.202. The number of aromatic nitrogens is 3. The van der Waals surface area contributed by atoms with Crippen LogP contribution in [0.2, 0.25) is 0 Å². The molecule has 0 aliphatic rings. The molecule has 0 aliphatic carbocycles. The van der Waals surface area contributed by atoms with Gasteiger partial charge in [-0.25, -0.2) is 9.97 Å². The van der Waals surface area contributed by atoms with Crippen molar-refractivity contribution >= 4 is 29.9 Å². The predicted molar refractivity (Wildman–Crippen MR) is 134 cm³/mol. The number of aryl methyl sites for hydroxylation is 1. The van der Waals surface area contributed by atoms with E-state index in [4.69, 9.17) is 0 Å². The molecule has 0 radical (unpaired) electrons. The molecule has 3 rings (SSSR count). The zero-order valence-electron chi connectivity index (χ0n) is 17.9. The second-order valence-corrected chi connectivity index (χ2v) is 7.34. The molecule has 0 unspecified atom stereocenters. The van der Waals surface area contributed by atoms with Gasteiger partial charge in [0.1, 0.15) is 12.1 Å². The van der Waals surface area contributed by atoms with Crippen LogP contribution in [0, 0.1) is 0 Å². The molecule has 160 valence electrons. The number of hydrogen-bond acceptors (Lipinski definition) is 3. The molecule has 0 bridgehead atoms. The topological polar surface area (TPSA) is 67.1 Å². The first-order valence-electron chi connectivity index (χ1n) is 10.1. The summed E-state index contributed by atoms with van der Waals surface area (Å²) in [6.45, 7) is 6.01. The molecule has 0 aliphatic heterocycles. The van der Waals surface area contributed by atoms with Crippen LogP contribution in [0.25, 0.3) is 5.82 Å². The number of imidazole rings is 1. The summed E-state index contributed by atoms with van der Waals surface area (Å²) < 4.78 is 1.89. The summed E-state index contributed by atoms with van der Waals surface area (Å²) >= 11 is 0. The molecule has 2 heterocycles. The van der Waals surface area contributed by atoms with E-state index in [2.05, 4.69) is 63.7 Å². The lowest BCUT2D eigenvalue weighted by Gasteiger charge is -2.13. The lowest BCUT2D eigenvalue weighted by molar-refractivity contribution is 0.741. The first-order chi connectivity index (χ1) is 14.2. The summed E-state index contributed by atoms with van der Waals surface area (Å²) in [4.78, 5) is 12.8.